The van der Waals surface area contributed by atoms with Gasteiger partial charge in [0.1, 0.15) is 0 Å². The zero-order valence-corrected chi connectivity index (χ0v) is 15.5. The predicted molar refractivity (Wildman–Crippen MR) is 94.4 cm³/mol. The number of rotatable bonds is 6. The first-order valence-electron chi connectivity index (χ1n) is 7.33. The molecule has 0 unspecified atom stereocenters. The Morgan fingerprint density at radius 1 is 1.27 bits per heavy atom. The van der Waals surface area contributed by atoms with Gasteiger partial charge in [-0.25, -0.2) is 4.79 Å². The molecule has 140 valence electrons. The average Bonchev–Trinajstić information content (AvgIpc) is 2.98. The highest BCUT2D eigenvalue weighted by Gasteiger charge is 2.30. The minimum atomic E-state index is -4.47. The van der Waals surface area contributed by atoms with E-state index in [0.717, 1.165) is 16.6 Å². The molecule has 0 aliphatic carbocycles. The molecule has 26 heavy (non-hydrogen) atoms. The fraction of sp³-hybridized carbons (Fsp3) is 0.250. The van der Waals surface area contributed by atoms with Crippen LogP contribution in [0.3, 0.4) is 0 Å². The second-order valence-corrected chi connectivity index (χ2v) is 7.21. The van der Waals surface area contributed by atoms with Gasteiger partial charge in [-0.2, -0.15) is 13.2 Å². The molecule has 1 aromatic heterocycles. The lowest BCUT2D eigenvalue weighted by molar-refractivity contribution is -0.137. The standard InChI is InChI=1S/C16H14BrF3N2O3S/c17-11-6-13(26-8-11)14(23)22-12(7-21-15(24)25)5-9-2-1-3-10(4-9)16(18,19)20/h1-4,6,8,12,21H,5,7H2,(H,22,23)(H,24,25)/t12-/m0/s1. The molecule has 2 amide bonds. The summed E-state index contributed by atoms with van der Waals surface area (Å²) in [4.78, 5) is 23.4. The number of alkyl halides is 3. The first kappa shape index (κ1) is 20.2. The molecule has 1 aromatic carbocycles. The van der Waals surface area contributed by atoms with Crippen LogP contribution in [0.2, 0.25) is 0 Å². The number of amides is 2. The first-order valence-corrected chi connectivity index (χ1v) is 9.00. The van der Waals surface area contributed by atoms with Gasteiger partial charge in [0, 0.05) is 16.4 Å². The lowest BCUT2D eigenvalue weighted by atomic mass is 10.0. The Kier molecular flexibility index (Phi) is 6.65. The van der Waals surface area contributed by atoms with Crippen LogP contribution in [0.4, 0.5) is 18.0 Å². The maximum absolute atomic E-state index is 12.8. The predicted octanol–water partition coefficient (Wildman–Crippen LogP) is 4.14. The van der Waals surface area contributed by atoms with E-state index in [-0.39, 0.29) is 13.0 Å². The Labute approximate surface area is 159 Å². The van der Waals surface area contributed by atoms with Crippen molar-refractivity contribution in [2.75, 3.05) is 6.54 Å². The fourth-order valence-electron chi connectivity index (χ4n) is 2.23. The summed E-state index contributed by atoms with van der Waals surface area (Å²) < 4.78 is 39.2. The molecule has 3 N–H and O–H groups in total. The van der Waals surface area contributed by atoms with E-state index in [1.807, 2.05) is 0 Å². The zero-order valence-electron chi connectivity index (χ0n) is 13.1. The smallest absolute Gasteiger partial charge is 0.416 e. The van der Waals surface area contributed by atoms with E-state index in [0.29, 0.717) is 10.4 Å². The molecule has 10 heteroatoms. The highest BCUT2D eigenvalue weighted by atomic mass is 79.9. The number of carbonyl (C=O) groups excluding carboxylic acids is 1. The summed E-state index contributed by atoms with van der Waals surface area (Å²) >= 11 is 4.42. The topological polar surface area (TPSA) is 78.4 Å². The van der Waals surface area contributed by atoms with Crippen LogP contribution in [0.15, 0.2) is 40.2 Å². The van der Waals surface area contributed by atoms with E-state index in [2.05, 4.69) is 26.6 Å². The fourth-order valence-corrected chi connectivity index (χ4v) is 3.56. The molecule has 2 aromatic rings. The third kappa shape index (κ3) is 6.03. The minimum Gasteiger partial charge on any atom is -0.465 e. The first-order chi connectivity index (χ1) is 12.1. The Balaban J connectivity index is 2.14. The van der Waals surface area contributed by atoms with Crippen molar-refractivity contribution in [1.82, 2.24) is 10.6 Å². The summed E-state index contributed by atoms with van der Waals surface area (Å²) in [6.45, 7) is -0.135. The summed E-state index contributed by atoms with van der Waals surface area (Å²) in [6, 6.07) is 5.61. The maximum atomic E-state index is 12.8. The molecule has 0 aliphatic rings. The van der Waals surface area contributed by atoms with Crippen molar-refractivity contribution < 1.29 is 27.9 Å². The number of carboxylic acid groups (broad SMARTS) is 1. The van der Waals surface area contributed by atoms with E-state index in [4.69, 9.17) is 5.11 Å². The van der Waals surface area contributed by atoms with Gasteiger partial charge in [0.05, 0.1) is 16.5 Å². The third-order valence-corrected chi connectivity index (χ3v) is 5.05. The molecule has 0 radical (unpaired) electrons. The summed E-state index contributed by atoms with van der Waals surface area (Å²) in [5.41, 5.74) is -0.460. The molecule has 0 spiro atoms. The van der Waals surface area contributed by atoms with Gasteiger partial charge in [0.2, 0.25) is 0 Å². The van der Waals surface area contributed by atoms with Gasteiger partial charge in [-0.3, -0.25) is 4.79 Å². The van der Waals surface area contributed by atoms with Crippen molar-refractivity contribution in [3.8, 4) is 0 Å². The number of benzene rings is 1. The number of hydrogen-bond acceptors (Lipinski definition) is 3. The summed E-state index contributed by atoms with van der Waals surface area (Å²) in [7, 11) is 0. The molecule has 0 aliphatic heterocycles. The van der Waals surface area contributed by atoms with Gasteiger partial charge in [0.15, 0.2) is 0 Å². The van der Waals surface area contributed by atoms with E-state index in [1.54, 1.807) is 11.4 Å². The zero-order chi connectivity index (χ0) is 19.3. The number of nitrogens with one attached hydrogen (secondary N) is 2. The molecule has 0 fully saturated rings. The number of carbonyl (C=O) groups is 2. The Morgan fingerprint density at radius 2 is 2.00 bits per heavy atom. The van der Waals surface area contributed by atoms with Crippen molar-refractivity contribution >= 4 is 39.3 Å². The monoisotopic (exact) mass is 450 g/mol. The molecule has 0 bridgehead atoms. The SMILES string of the molecule is O=C(O)NC[C@H](Cc1cccc(C(F)(F)F)c1)NC(=O)c1cc(Br)cs1. The van der Waals surface area contributed by atoms with Crippen molar-refractivity contribution in [3.63, 3.8) is 0 Å². The summed E-state index contributed by atoms with van der Waals surface area (Å²) in [5, 5.41) is 15.3. The van der Waals surface area contributed by atoms with Crippen LogP contribution in [0.25, 0.3) is 0 Å². The van der Waals surface area contributed by atoms with Gasteiger partial charge in [-0.05, 0) is 40.0 Å². The van der Waals surface area contributed by atoms with Gasteiger partial charge in [-0.15, -0.1) is 11.3 Å². The average molecular weight is 451 g/mol. The van der Waals surface area contributed by atoms with E-state index in [9.17, 15) is 22.8 Å². The van der Waals surface area contributed by atoms with Crippen molar-refractivity contribution in [2.45, 2.75) is 18.6 Å². The second-order valence-electron chi connectivity index (χ2n) is 5.39. The number of hydrogen-bond donors (Lipinski definition) is 3. The van der Waals surface area contributed by atoms with Crippen LogP contribution in [-0.2, 0) is 12.6 Å². The van der Waals surface area contributed by atoms with Crippen LogP contribution < -0.4 is 10.6 Å². The van der Waals surface area contributed by atoms with E-state index in [1.165, 1.54) is 23.5 Å². The lowest BCUT2D eigenvalue weighted by Gasteiger charge is -2.19. The Hall–Kier alpha value is -2.07. The van der Waals surface area contributed by atoms with E-state index < -0.39 is 29.8 Å². The van der Waals surface area contributed by atoms with E-state index >= 15 is 0 Å². The van der Waals surface area contributed by atoms with Crippen LogP contribution in [0.1, 0.15) is 20.8 Å². The normalized spacial score (nSPS) is 12.5. The molecular formula is C16H14BrF3N2O3S. The Morgan fingerprint density at radius 3 is 2.58 bits per heavy atom. The van der Waals surface area contributed by atoms with Gasteiger partial charge >= 0.3 is 12.3 Å². The molecule has 0 saturated carbocycles. The van der Waals surface area contributed by atoms with Crippen LogP contribution in [0, 0.1) is 0 Å². The third-order valence-electron chi connectivity index (χ3n) is 3.36. The van der Waals surface area contributed by atoms with Gasteiger partial charge in [-0.1, -0.05) is 18.2 Å². The molecule has 5 nitrogen and oxygen atoms in total. The summed E-state index contributed by atoms with van der Waals surface area (Å²) in [6.07, 6.45) is -5.72. The van der Waals surface area contributed by atoms with Crippen molar-refractivity contribution in [1.29, 1.82) is 0 Å². The van der Waals surface area contributed by atoms with Crippen molar-refractivity contribution in [3.05, 3.63) is 56.2 Å². The highest BCUT2D eigenvalue weighted by Crippen LogP contribution is 2.29. The lowest BCUT2D eigenvalue weighted by Crippen LogP contribution is -2.44. The van der Waals surface area contributed by atoms with Gasteiger partial charge < -0.3 is 15.7 Å². The summed E-state index contributed by atoms with van der Waals surface area (Å²) in [5.74, 6) is -0.426. The minimum absolute atomic E-state index is 0.0441. The molecule has 0 saturated heterocycles. The molecule has 1 atom stereocenters. The highest BCUT2D eigenvalue weighted by molar-refractivity contribution is 9.10. The van der Waals surface area contributed by atoms with Crippen LogP contribution >= 0.6 is 27.3 Å². The quantitative estimate of drug-likeness (QED) is 0.618. The van der Waals surface area contributed by atoms with Crippen molar-refractivity contribution in [2.24, 2.45) is 0 Å². The van der Waals surface area contributed by atoms with Crippen LogP contribution in [0.5, 0.6) is 0 Å². The largest absolute Gasteiger partial charge is 0.465 e. The number of thiophene rings is 1. The maximum Gasteiger partial charge on any atom is 0.416 e. The molecular weight excluding hydrogens is 437 g/mol. The molecule has 2 rings (SSSR count). The molecule has 1 heterocycles. The van der Waals surface area contributed by atoms with Crippen LogP contribution in [-0.4, -0.2) is 29.7 Å². The Bertz CT molecular complexity index is 795. The number of halogens is 4. The van der Waals surface area contributed by atoms with Gasteiger partial charge in [0.25, 0.3) is 5.91 Å². The second kappa shape index (κ2) is 8.54.